The summed E-state index contributed by atoms with van der Waals surface area (Å²) in [5, 5.41) is 0. The first-order chi connectivity index (χ1) is 11.2. The third-order valence-electron chi connectivity index (χ3n) is 3.35. The molecule has 0 aliphatic carbocycles. The Labute approximate surface area is 146 Å². The Morgan fingerprint density at radius 2 is 0.833 bits per heavy atom. The van der Waals surface area contributed by atoms with Crippen LogP contribution >= 0.6 is 0 Å². The number of carbonyl (C=O) groups is 2. The average Bonchev–Trinajstić information content (AvgIpc) is 2.51. The van der Waals surface area contributed by atoms with Gasteiger partial charge in [-0.25, -0.2) is 0 Å². The molecule has 0 saturated heterocycles. The number of hydrogen-bond acceptors (Lipinski definition) is 2. The monoisotopic (exact) mass is 324 g/mol. The van der Waals surface area contributed by atoms with E-state index in [1.807, 2.05) is 74.6 Å². The quantitative estimate of drug-likeness (QED) is 0.429. The standard InChI is InChI=1S/C22H28O2/c1-17(13-9-15-19(3)21(5)23)11-7-8-12-18(2)14-10-16-20(4)22(6)24/h7-16H,1-6H3/b8-7+,13-9+,14-10+,17-11+,18-12+,19-15+,20-16+. The largest absolute Gasteiger partial charge is 0.295 e. The van der Waals surface area contributed by atoms with Gasteiger partial charge in [0.05, 0.1) is 0 Å². The van der Waals surface area contributed by atoms with Gasteiger partial charge in [0.1, 0.15) is 0 Å². The van der Waals surface area contributed by atoms with Crippen molar-refractivity contribution in [2.45, 2.75) is 41.5 Å². The van der Waals surface area contributed by atoms with Crippen molar-refractivity contribution in [2.75, 3.05) is 0 Å². The zero-order chi connectivity index (χ0) is 18.5. The number of hydrogen-bond donors (Lipinski definition) is 0. The lowest BCUT2D eigenvalue weighted by Gasteiger charge is -1.91. The summed E-state index contributed by atoms with van der Waals surface area (Å²) >= 11 is 0. The molecule has 0 spiro atoms. The Morgan fingerprint density at radius 3 is 1.12 bits per heavy atom. The Morgan fingerprint density at radius 1 is 0.500 bits per heavy atom. The van der Waals surface area contributed by atoms with Crippen LogP contribution in [0.4, 0.5) is 0 Å². The summed E-state index contributed by atoms with van der Waals surface area (Å²) in [7, 11) is 0. The zero-order valence-electron chi connectivity index (χ0n) is 15.6. The molecule has 0 fully saturated rings. The van der Waals surface area contributed by atoms with Crippen molar-refractivity contribution in [3.8, 4) is 0 Å². The molecule has 0 amide bonds. The Bertz CT molecular complexity index is 602. The highest BCUT2D eigenvalue weighted by molar-refractivity contribution is 5.93. The summed E-state index contributed by atoms with van der Waals surface area (Å²) < 4.78 is 0. The Hall–Kier alpha value is -2.48. The first-order valence-electron chi connectivity index (χ1n) is 7.97. The van der Waals surface area contributed by atoms with Crippen LogP contribution in [0.1, 0.15) is 41.5 Å². The van der Waals surface area contributed by atoms with E-state index in [-0.39, 0.29) is 11.6 Å². The molecule has 2 heteroatoms. The van der Waals surface area contributed by atoms with Gasteiger partial charge in [-0.15, -0.1) is 0 Å². The van der Waals surface area contributed by atoms with Crippen molar-refractivity contribution < 1.29 is 9.59 Å². The maximum Gasteiger partial charge on any atom is 0.155 e. The molecule has 0 aliphatic rings. The Balaban J connectivity index is 4.63. The molecule has 0 radical (unpaired) electrons. The van der Waals surface area contributed by atoms with E-state index in [9.17, 15) is 9.59 Å². The van der Waals surface area contributed by atoms with Gasteiger partial charge < -0.3 is 0 Å². The lowest BCUT2D eigenvalue weighted by Crippen LogP contribution is -1.89. The van der Waals surface area contributed by atoms with Crippen LogP contribution in [0, 0.1) is 0 Å². The second kappa shape index (κ2) is 12.0. The predicted octanol–water partition coefficient (Wildman–Crippen LogP) is 5.62. The van der Waals surface area contributed by atoms with E-state index < -0.39 is 0 Å². The van der Waals surface area contributed by atoms with E-state index in [0.29, 0.717) is 0 Å². The second-order valence-electron chi connectivity index (χ2n) is 5.74. The fourth-order valence-corrected chi connectivity index (χ4v) is 1.45. The summed E-state index contributed by atoms with van der Waals surface area (Å²) in [4.78, 5) is 22.2. The van der Waals surface area contributed by atoms with E-state index in [1.165, 1.54) is 0 Å². The first-order valence-corrected chi connectivity index (χ1v) is 7.97. The molecule has 24 heavy (non-hydrogen) atoms. The molecule has 0 rings (SSSR count). The van der Waals surface area contributed by atoms with Crippen molar-refractivity contribution in [3.05, 3.63) is 83.1 Å². The first kappa shape index (κ1) is 21.5. The van der Waals surface area contributed by atoms with Gasteiger partial charge in [-0.3, -0.25) is 9.59 Å². The van der Waals surface area contributed by atoms with Crippen LogP contribution in [-0.2, 0) is 9.59 Å². The van der Waals surface area contributed by atoms with E-state index in [4.69, 9.17) is 0 Å². The van der Waals surface area contributed by atoms with Crippen molar-refractivity contribution >= 4 is 11.6 Å². The molecule has 0 aromatic heterocycles. The predicted molar refractivity (Wildman–Crippen MR) is 104 cm³/mol. The maximum absolute atomic E-state index is 11.1. The molecule has 0 aromatic carbocycles. The summed E-state index contributed by atoms with van der Waals surface area (Å²) in [5.74, 6) is 0.173. The summed E-state index contributed by atoms with van der Waals surface area (Å²) in [5.41, 5.74) is 3.68. The summed E-state index contributed by atoms with van der Waals surface area (Å²) in [6.45, 7) is 10.7. The number of carbonyl (C=O) groups excluding carboxylic acids is 2. The van der Waals surface area contributed by atoms with Crippen LogP contribution in [0.15, 0.2) is 83.1 Å². The van der Waals surface area contributed by atoms with Gasteiger partial charge in [0.25, 0.3) is 0 Å². The van der Waals surface area contributed by atoms with Crippen molar-refractivity contribution in [2.24, 2.45) is 0 Å². The zero-order valence-corrected chi connectivity index (χ0v) is 15.6. The normalized spacial score (nSPS) is 15.1. The molecule has 0 bridgehead atoms. The van der Waals surface area contributed by atoms with Gasteiger partial charge in [0, 0.05) is 0 Å². The molecule has 0 aliphatic heterocycles. The van der Waals surface area contributed by atoms with Crippen LogP contribution in [-0.4, -0.2) is 11.6 Å². The van der Waals surface area contributed by atoms with Gasteiger partial charge >= 0.3 is 0 Å². The van der Waals surface area contributed by atoms with Gasteiger partial charge in [-0.1, -0.05) is 71.9 Å². The molecule has 0 aromatic rings. The summed E-state index contributed by atoms with van der Waals surface area (Å²) in [6.07, 6.45) is 19.2. The van der Waals surface area contributed by atoms with Crippen molar-refractivity contribution in [1.29, 1.82) is 0 Å². The van der Waals surface area contributed by atoms with Crippen molar-refractivity contribution in [1.82, 2.24) is 0 Å². The van der Waals surface area contributed by atoms with E-state index >= 15 is 0 Å². The Kier molecular flexibility index (Phi) is 10.8. The van der Waals surface area contributed by atoms with E-state index in [2.05, 4.69) is 0 Å². The molecule has 0 atom stereocenters. The number of ketones is 2. The fraction of sp³-hybridized carbons (Fsp3) is 0.273. The molecular formula is C22H28O2. The van der Waals surface area contributed by atoms with Gasteiger partial charge in [0.2, 0.25) is 0 Å². The SMILES string of the molecule is CC(=O)/C(C)=C/C=C/C(C)=C/C=C/C=C(C)/C=C/C=C(\C)C(C)=O. The molecule has 128 valence electrons. The van der Waals surface area contributed by atoms with Crippen LogP contribution in [0.5, 0.6) is 0 Å². The van der Waals surface area contributed by atoms with Crippen LogP contribution in [0.25, 0.3) is 0 Å². The lowest BCUT2D eigenvalue weighted by molar-refractivity contribution is -0.114. The third kappa shape index (κ3) is 11.1. The number of allylic oxidation sites excluding steroid dienone is 14. The maximum atomic E-state index is 11.1. The molecule has 0 N–H and O–H groups in total. The van der Waals surface area contributed by atoms with Crippen LogP contribution in [0.3, 0.4) is 0 Å². The highest BCUT2D eigenvalue weighted by Crippen LogP contribution is 2.01. The minimum atomic E-state index is 0.0863. The van der Waals surface area contributed by atoms with E-state index in [0.717, 1.165) is 22.3 Å². The van der Waals surface area contributed by atoms with E-state index in [1.54, 1.807) is 27.7 Å². The average molecular weight is 324 g/mol. The minimum Gasteiger partial charge on any atom is -0.295 e. The summed E-state index contributed by atoms with van der Waals surface area (Å²) in [6, 6.07) is 0. The lowest BCUT2D eigenvalue weighted by atomic mass is 10.1. The van der Waals surface area contributed by atoms with Gasteiger partial charge in [-0.05, 0) is 52.7 Å². The topological polar surface area (TPSA) is 34.1 Å². The molecule has 0 unspecified atom stereocenters. The van der Waals surface area contributed by atoms with Gasteiger partial charge in [0.15, 0.2) is 11.6 Å². The van der Waals surface area contributed by atoms with Crippen molar-refractivity contribution in [3.63, 3.8) is 0 Å². The van der Waals surface area contributed by atoms with Gasteiger partial charge in [-0.2, -0.15) is 0 Å². The third-order valence-corrected chi connectivity index (χ3v) is 3.35. The fourth-order valence-electron chi connectivity index (χ4n) is 1.45. The molecule has 0 saturated carbocycles. The highest BCUT2D eigenvalue weighted by atomic mass is 16.1. The van der Waals surface area contributed by atoms with Crippen LogP contribution in [0.2, 0.25) is 0 Å². The smallest absolute Gasteiger partial charge is 0.155 e. The highest BCUT2D eigenvalue weighted by Gasteiger charge is 1.92. The second-order valence-corrected chi connectivity index (χ2v) is 5.74. The molecule has 2 nitrogen and oxygen atoms in total. The molecular weight excluding hydrogens is 296 g/mol. The van der Waals surface area contributed by atoms with Crippen LogP contribution < -0.4 is 0 Å². The number of Topliss-reactive ketones (excluding diaryl/α,β-unsaturated/α-hetero) is 2. The minimum absolute atomic E-state index is 0.0863. The molecule has 0 heterocycles. The number of rotatable bonds is 8.